The predicted octanol–water partition coefficient (Wildman–Crippen LogP) is 4.32. The van der Waals surface area contributed by atoms with E-state index < -0.39 is 18.5 Å². The molecule has 14 heteroatoms. The number of nitrogens with zero attached hydrogens (tertiary/aromatic N) is 4. The lowest BCUT2D eigenvalue weighted by Gasteiger charge is -2.09. The van der Waals surface area contributed by atoms with Gasteiger partial charge in [0.2, 0.25) is 5.91 Å². The van der Waals surface area contributed by atoms with Crippen molar-refractivity contribution in [2.24, 2.45) is 0 Å². The Labute approximate surface area is 225 Å². The van der Waals surface area contributed by atoms with Gasteiger partial charge in [0.15, 0.2) is 11.0 Å². The number of alkyl halides is 2. The molecule has 1 N–H and O–H groups in total. The highest BCUT2D eigenvalue weighted by Crippen LogP contribution is 2.35. The lowest BCUT2D eigenvalue weighted by molar-refractivity contribution is -0.113. The fraction of sp³-hybridized carbons (Fsp3) is 0.292. The third kappa shape index (κ3) is 6.55. The molecule has 2 amide bonds. The SMILES string of the molecule is C=CCn1c(SCC(=O)Nc2sc(C(=O)N(C)C)c(C)c2C(=O)OC)nnc1-c1ccc(OC(F)F)cc1. The highest BCUT2D eigenvalue weighted by atomic mass is 32.2. The Kier molecular flexibility index (Phi) is 9.58. The van der Waals surface area contributed by atoms with Gasteiger partial charge in [0.1, 0.15) is 10.8 Å². The Balaban J connectivity index is 1.78. The molecule has 10 nitrogen and oxygen atoms in total. The standard InChI is InChI=1S/C24H25F2N5O5S2/c1-6-11-31-19(14-7-9-15(10-8-14)36-23(25)26)28-29-24(31)37-12-16(32)27-20-17(22(34)35-5)13(2)18(38-20)21(33)30(3)4/h6-10,23H,1,11-12H2,2-5H3,(H,27,32). The van der Waals surface area contributed by atoms with Gasteiger partial charge in [0, 0.05) is 26.2 Å². The molecule has 3 rings (SSSR count). The molecule has 2 heterocycles. The Hall–Kier alpha value is -3.78. The number of thiophene rings is 1. The van der Waals surface area contributed by atoms with Gasteiger partial charge in [0.05, 0.1) is 23.3 Å². The number of halogens is 2. The molecule has 0 aliphatic rings. The van der Waals surface area contributed by atoms with E-state index in [1.807, 2.05) is 0 Å². The van der Waals surface area contributed by atoms with Crippen LogP contribution in [0.25, 0.3) is 11.4 Å². The Morgan fingerprint density at radius 1 is 1.24 bits per heavy atom. The molecule has 0 saturated heterocycles. The molecule has 38 heavy (non-hydrogen) atoms. The second kappa shape index (κ2) is 12.6. The molecule has 0 bridgehead atoms. The molecule has 0 aliphatic carbocycles. The normalized spacial score (nSPS) is 10.8. The van der Waals surface area contributed by atoms with Crippen LogP contribution in [0.2, 0.25) is 0 Å². The monoisotopic (exact) mass is 565 g/mol. The summed E-state index contributed by atoms with van der Waals surface area (Å²) in [6.07, 6.45) is 1.63. The van der Waals surface area contributed by atoms with Crippen LogP contribution in [0, 0.1) is 6.92 Å². The molecule has 0 fully saturated rings. The number of nitrogens with one attached hydrogen (secondary N) is 1. The summed E-state index contributed by atoms with van der Waals surface area (Å²) < 4.78 is 35.8. The first-order chi connectivity index (χ1) is 18.1. The number of benzene rings is 1. The van der Waals surface area contributed by atoms with Crippen LogP contribution in [-0.4, -0.2) is 71.0 Å². The number of carbonyl (C=O) groups excluding carboxylic acids is 3. The molecule has 0 saturated carbocycles. The molecule has 1 aromatic carbocycles. The minimum atomic E-state index is -2.93. The molecule has 2 aromatic heterocycles. The average molecular weight is 566 g/mol. The number of anilines is 1. The number of amides is 2. The first-order valence-electron chi connectivity index (χ1n) is 11.0. The van der Waals surface area contributed by atoms with Crippen LogP contribution < -0.4 is 10.1 Å². The van der Waals surface area contributed by atoms with Crippen molar-refractivity contribution in [3.63, 3.8) is 0 Å². The van der Waals surface area contributed by atoms with Crippen LogP contribution in [-0.2, 0) is 16.1 Å². The van der Waals surface area contributed by atoms with E-state index >= 15 is 0 Å². The van der Waals surface area contributed by atoms with Gasteiger partial charge in [-0.05, 0) is 36.8 Å². The van der Waals surface area contributed by atoms with Crippen molar-refractivity contribution in [1.82, 2.24) is 19.7 Å². The number of rotatable bonds is 11. The molecule has 0 unspecified atom stereocenters. The molecular weight excluding hydrogens is 540 g/mol. The van der Waals surface area contributed by atoms with Crippen LogP contribution in [0.1, 0.15) is 25.6 Å². The van der Waals surface area contributed by atoms with Gasteiger partial charge in [-0.15, -0.1) is 28.1 Å². The van der Waals surface area contributed by atoms with Crippen molar-refractivity contribution in [2.75, 3.05) is 32.3 Å². The van der Waals surface area contributed by atoms with Gasteiger partial charge in [0.25, 0.3) is 5.91 Å². The van der Waals surface area contributed by atoms with E-state index in [-0.39, 0.29) is 28.0 Å². The molecule has 0 spiro atoms. The maximum atomic E-state index is 12.8. The number of thioether (sulfide) groups is 1. The number of carbonyl (C=O) groups is 3. The second-order valence-electron chi connectivity index (χ2n) is 7.90. The minimum absolute atomic E-state index is 0.00961. The van der Waals surface area contributed by atoms with Crippen LogP contribution in [0.4, 0.5) is 13.8 Å². The molecule has 3 aromatic rings. The quantitative estimate of drug-likeness (QED) is 0.208. The number of ether oxygens (including phenoxy) is 2. The highest BCUT2D eigenvalue weighted by molar-refractivity contribution is 7.99. The van der Waals surface area contributed by atoms with Gasteiger partial charge in [-0.1, -0.05) is 17.8 Å². The summed E-state index contributed by atoms with van der Waals surface area (Å²) in [7, 11) is 4.40. The number of aromatic nitrogens is 3. The van der Waals surface area contributed by atoms with Gasteiger partial charge in [-0.3, -0.25) is 14.2 Å². The smallest absolute Gasteiger partial charge is 0.387 e. The maximum Gasteiger partial charge on any atom is 0.387 e. The van der Waals surface area contributed by atoms with Crippen LogP contribution in [0.5, 0.6) is 5.75 Å². The van der Waals surface area contributed by atoms with Crippen molar-refractivity contribution in [1.29, 1.82) is 0 Å². The summed E-state index contributed by atoms with van der Waals surface area (Å²) in [5.74, 6) is -1.02. The van der Waals surface area contributed by atoms with Crippen molar-refractivity contribution in [3.8, 4) is 17.1 Å². The van der Waals surface area contributed by atoms with E-state index in [0.717, 1.165) is 23.1 Å². The first kappa shape index (κ1) is 28.8. The van der Waals surface area contributed by atoms with Crippen LogP contribution in [0.3, 0.4) is 0 Å². The number of methoxy groups -OCH3 is 1. The third-order valence-electron chi connectivity index (χ3n) is 5.09. The van der Waals surface area contributed by atoms with E-state index in [2.05, 4.69) is 26.8 Å². The van der Waals surface area contributed by atoms with Crippen molar-refractivity contribution < 1.29 is 32.6 Å². The number of allylic oxidation sites excluding steroid dienone is 1. The zero-order chi connectivity index (χ0) is 28.0. The Bertz CT molecular complexity index is 1340. The van der Waals surface area contributed by atoms with Gasteiger partial charge in [-0.25, -0.2) is 4.79 Å². The van der Waals surface area contributed by atoms with Crippen molar-refractivity contribution in [3.05, 3.63) is 52.9 Å². The maximum absolute atomic E-state index is 12.8. The van der Waals surface area contributed by atoms with Gasteiger partial charge in [-0.2, -0.15) is 8.78 Å². The van der Waals surface area contributed by atoms with Crippen molar-refractivity contribution in [2.45, 2.75) is 25.2 Å². The Morgan fingerprint density at radius 3 is 2.50 bits per heavy atom. The summed E-state index contributed by atoms with van der Waals surface area (Å²) in [6, 6.07) is 5.93. The van der Waals surface area contributed by atoms with Crippen molar-refractivity contribution >= 4 is 45.9 Å². The first-order valence-corrected chi connectivity index (χ1v) is 12.8. The molecular formula is C24H25F2N5O5S2. The van der Waals surface area contributed by atoms with Gasteiger partial charge < -0.3 is 19.7 Å². The summed E-state index contributed by atoms with van der Waals surface area (Å²) in [5, 5.41) is 11.7. The summed E-state index contributed by atoms with van der Waals surface area (Å²) in [6.45, 7) is 2.76. The van der Waals surface area contributed by atoms with Gasteiger partial charge >= 0.3 is 12.6 Å². The highest BCUT2D eigenvalue weighted by Gasteiger charge is 2.27. The topological polar surface area (TPSA) is 116 Å². The summed E-state index contributed by atoms with van der Waals surface area (Å²) in [4.78, 5) is 39.4. The third-order valence-corrected chi connectivity index (χ3v) is 7.25. The summed E-state index contributed by atoms with van der Waals surface area (Å²) >= 11 is 2.10. The van der Waals surface area contributed by atoms with E-state index in [9.17, 15) is 23.2 Å². The second-order valence-corrected chi connectivity index (χ2v) is 9.86. The minimum Gasteiger partial charge on any atom is -0.465 e. The number of esters is 1. The Morgan fingerprint density at radius 2 is 1.92 bits per heavy atom. The van der Waals surface area contributed by atoms with Crippen LogP contribution >= 0.6 is 23.1 Å². The lowest BCUT2D eigenvalue weighted by atomic mass is 10.1. The molecule has 0 atom stereocenters. The predicted molar refractivity (Wildman–Crippen MR) is 140 cm³/mol. The summed E-state index contributed by atoms with van der Waals surface area (Å²) in [5.41, 5.74) is 1.15. The fourth-order valence-electron chi connectivity index (χ4n) is 3.34. The average Bonchev–Trinajstić information content (AvgIpc) is 3.42. The molecule has 0 radical (unpaired) electrons. The van der Waals surface area contributed by atoms with E-state index in [1.165, 1.54) is 24.1 Å². The fourth-order valence-corrected chi connectivity index (χ4v) is 5.32. The zero-order valence-electron chi connectivity index (χ0n) is 21.0. The molecule has 0 aliphatic heterocycles. The zero-order valence-corrected chi connectivity index (χ0v) is 22.6. The van der Waals surface area contributed by atoms with E-state index in [1.54, 1.807) is 43.8 Å². The number of hydrogen-bond acceptors (Lipinski definition) is 9. The van der Waals surface area contributed by atoms with E-state index in [0.29, 0.717) is 33.5 Å². The van der Waals surface area contributed by atoms with E-state index in [4.69, 9.17) is 4.74 Å². The lowest BCUT2D eigenvalue weighted by Crippen LogP contribution is -2.21. The number of hydrogen-bond donors (Lipinski definition) is 1. The largest absolute Gasteiger partial charge is 0.465 e. The van der Waals surface area contributed by atoms with Crippen LogP contribution in [0.15, 0.2) is 42.1 Å². The molecule has 202 valence electrons.